The van der Waals surface area contributed by atoms with Crippen LogP contribution < -0.4 is 0 Å². The highest BCUT2D eigenvalue weighted by Crippen LogP contribution is 2.30. The van der Waals surface area contributed by atoms with Crippen molar-refractivity contribution >= 4 is 23.5 Å². The fourth-order valence-corrected chi connectivity index (χ4v) is 2.48. The molecule has 2 atom stereocenters. The van der Waals surface area contributed by atoms with E-state index in [1.165, 1.54) is 18.7 Å². The second-order valence-corrected chi connectivity index (χ2v) is 4.75. The minimum absolute atomic E-state index is 0.145. The SMILES string of the molecule is CCCC(=O)CC1OCC(OC(C)=O)S1. The standard InChI is InChI=1S/C10H16O4S/c1-3-4-8(12)5-9-13-6-10(15-9)14-7(2)11/h9-10H,3-6H2,1-2H3. The number of Topliss-reactive ketones (excluding diaryl/α,β-unsaturated/α-hetero) is 1. The number of carbonyl (C=O) groups is 2. The first-order valence-electron chi connectivity index (χ1n) is 5.07. The van der Waals surface area contributed by atoms with Gasteiger partial charge in [-0.2, -0.15) is 0 Å². The molecule has 2 unspecified atom stereocenters. The van der Waals surface area contributed by atoms with E-state index in [2.05, 4.69) is 0 Å². The van der Waals surface area contributed by atoms with Gasteiger partial charge in [-0.25, -0.2) is 0 Å². The smallest absolute Gasteiger partial charge is 0.303 e. The lowest BCUT2D eigenvalue weighted by molar-refractivity contribution is -0.143. The van der Waals surface area contributed by atoms with Crippen molar-refractivity contribution in [2.75, 3.05) is 6.61 Å². The summed E-state index contributed by atoms with van der Waals surface area (Å²) < 4.78 is 10.3. The van der Waals surface area contributed by atoms with Crippen molar-refractivity contribution in [2.45, 2.75) is 44.0 Å². The third kappa shape index (κ3) is 4.66. The van der Waals surface area contributed by atoms with Gasteiger partial charge in [0.2, 0.25) is 0 Å². The molecule has 0 radical (unpaired) electrons. The van der Waals surface area contributed by atoms with Crippen molar-refractivity contribution in [3.05, 3.63) is 0 Å². The summed E-state index contributed by atoms with van der Waals surface area (Å²) in [6.45, 7) is 3.73. The van der Waals surface area contributed by atoms with Gasteiger partial charge in [-0.1, -0.05) is 18.7 Å². The summed E-state index contributed by atoms with van der Waals surface area (Å²) in [5, 5.41) is 0. The van der Waals surface area contributed by atoms with Crippen molar-refractivity contribution in [3.8, 4) is 0 Å². The molecule has 0 N–H and O–H groups in total. The van der Waals surface area contributed by atoms with Crippen LogP contribution in [0, 0.1) is 0 Å². The van der Waals surface area contributed by atoms with Gasteiger partial charge in [0.1, 0.15) is 11.2 Å². The zero-order valence-corrected chi connectivity index (χ0v) is 9.84. The molecular formula is C10H16O4S. The number of rotatable bonds is 5. The highest BCUT2D eigenvalue weighted by atomic mass is 32.2. The molecule has 86 valence electrons. The quantitative estimate of drug-likeness (QED) is 0.676. The molecule has 1 heterocycles. The summed E-state index contributed by atoms with van der Waals surface area (Å²) >= 11 is 1.41. The number of thioether (sulfide) groups is 1. The van der Waals surface area contributed by atoms with Crippen molar-refractivity contribution in [3.63, 3.8) is 0 Å². The summed E-state index contributed by atoms with van der Waals surface area (Å²) in [5.41, 5.74) is -0.393. The van der Waals surface area contributed by atoms with Crippen LogP contribution in [0.2, 0.25) is 0 Å². The molecule has 5 heteroatoms. The average molecular weight is 232 g/mol. The molecule has 15 heavy (non-hydrogen) atoms. The maximum Gasteiger partial charge on any atom is 0.303 e. The highest BCUT2D eigenvalue weighted by molar-refractivity contribution is 8.00. The van der Waals surface area contributed by atoms with E-state index in [1.54, 1.807) is 0 Å². The van der Waals surface area contributed by atoms with Gasteiger partial charge in [0.05, 0.1) is 6.61 Å². The summed E-state index contributed by atoms with van der Waals surface area (Å²) in [6.07, 6.45) is 1.87. The molecule has 1 saturated heterocycles. The van der Waals surface area contributed by atoms with Crippen LogP contribution in [0.5, 0.6) is 0 Å². The Balaban J connectivity index is 2.24. The highest BCUT2D eigenvalue weighted by Gasteiger charge is 2.29. The van der Waals surface area contributed by atoms with Gasteiger partial charge >= 0.3 is 5.97 Å². The van der Waals surface area contributed by atoms with Crippen LogP contribution in [-0.2, 0) is 19.1 Å². The number of hydrogen-bond donors (Lipinski definition) is 0. The lowest BCUT2D eigenvalue weighted by Gasteiger charge is -2.08. The second kappa shape index (κ2) is 6.12. The number of ketones is 1. The molecule has 4 nitrogen and oxygen atoms in total. The fourth-order valence-electron chi connectivity index (χ4n) is 1.35. The Bertz CT molecular complexity index is 242. The van der Waals surface area contributed by atoms with Crippen LogP contribution in [0.25, 0.3) is 0 Å². The van der Waals surface area contributed by atoms with E-state index < -0.39 is 0 Å². The Morgan fingerprint density at radius 3 is 2.87 bits per heavy atom. The normalized spacial score (nSPS) is 25.2. The van der Waals surface area contributed by atoms with Gasteiger partial charge in [-0.3, -0.25) is 9.59 Å². The Hall–Kier alpha value is -0.550. The molecule has 0 amide bonds. The van der Waals surface area contributed by atoms with Gasteiger partial charge in [-0.05, 0) is 6.42 Å². The molecule has 0 aromatic heterocycles. The summed E-state index contributed by atoms with van der Waals surface area (Å²) in [5.74, 6) is -0.102. The van der Waals surface area contributed by atoms with E-state index in [9.17, 15) is 9.59 Å². The minimum Gasteiger partial charge on any atom is -0.449 e. The van der Waals surface area contributed by atoms with Crippen molar-refractivity contribution in [2.24, 2.45) is 0 Å². The first kappa shape index (κ1) is 12.5. The molecular weight excluding hydrogens is 216 g/mol. The van der Waals surface area contributed by atoms with Gasteiger partial charge in [0.25, 0.3) is 0 Å². The molecule has 1 aliphatic rings. The topological polar surface area (TPSA) is 52.6 Å². The number of carbonyl (C=O) groups excluding carboxylic acids is 2. The molecule has 0 aliphatic carbocycles. The Morgan fingerprint density at radius 2 is 2.27 bits per heavy atom. The van der Waals surface area contributed by atoms with Gasteiger partial charge in [0.15, 0.2) is 5.44 Å². The summed E-state index contributed by atoms with van der Waals surface area (Å²) in [4.78, 5) is 22.0. The third-order valence-corrected chi connectivity index (χ3v) is 3.08. The van der Waals surface area contributed by atoms with Gasteiger partial charge in [0, 0.05) is 19.8 Å². The Kier molecular flexibility index (Phi) is 5.11. The molecule has 0 aromatic rings. The van der Waals surface area contributed by atoms with Crippen LogP contribution in [0.1, 0.15) is 33.1 Å². The van der Waals surface area contributed by atoms with E-state index >= 15 is 0 Å². The average Bonchev–Trinajstić information content (AvgIpc) is 2.51. The number of ether oxygens (including phenoxy) is 2. The molecule has 0 saturated carbocycles. The first-order chi connectivity index (χ1) is 7.11. The van der Waals surface area contributed by atoms with E-state index in [0.29, 0.717) is 19.4 Å². The summed E-state index contributed by atoms with van der Waals surface area (Å²) in [7, 11) is 0. The largest absolute Gasteiger partial charge is 0.449 e. The maximum absolute atomic E-state index is 11.3. The zero-order valence-electron chi connectivity index (χ0n) is 9.02. The van der Waals surface area contributed by atoms with E-state index in [-0.39, 0.29) is 22.6 Å². The van der Waals surface area contributed by atoms with E-state index in [4.69, 9.17) is 9.47 Å². The lowest BCUT2D eigenvalue weighted by Crippen LogP contribution is -2.12. The minimum atomic E-state index is -0.309. The van der Waals surface area contributed by atoms with E-state index in [0.717, 1.165) is 6.42 Å². The van der Waals surface area contributed by atoms with Crippen molar-refractivity contribution in [1.29, 1.82) is 0 Å². The second-order valence-electron chi connectivity index (χ2n) is 3.43. The third-order valence-electron chi connectivity index (χ3n) is 1.94. The molecule has 0 aromatic carbocycles. The van der Waals surface area contributed by atoms with Gasteiger partial charge < -0.3 is 9.47 Å². The first-order valence-corrected chi connectivity index (χ1v) is 6.02. The number of hydrogen-bond acceptors (Lipinski definition) is 5. The van der Waals surface area contributed by atoms with Gasteiger partial charge in [-0.15, -0.1) is 0 Å². The molecule has 0 bridgehead atoms. The summed E-state index contributed by atoms with van der Waals surface area (Å²) in [6, 6.07) is 0. The van der Waals surface area contributed by atoms with Crippen LogP contribution in [0.3, 0.4) is 0 Å². The molecule has 1 fully saturated rings. The molecule has 1 aliphatic heterocycles. The fraction of sp³-hybridized carbons (Fsp3) is 0.800. The van der Waals surface area contributed by atoms with Crippen molar-refractivity contribution < 1.29 is 19.1 Å². The van der Waals surface area contributed by atoms with Crippen molar-refractivity contribution in [1.82, 2.24) is 0 Å². The predicted molar refractivity (Wildman–Crippen MR) is 57.4 cm³/mol. The molecule has 0 spiro atoms. The Labute approximate surface area is 93.7 Å². The monoisotopic (exact) mass is 232 g/mol. The lowest BCUT2D eigenvalue weighted by atomic mass is 10.2. The maximum atomic E-state index is 11.3. The van der Waals surface area contributed by atoms with Crippen LogP contribution in [-0.4, -0.2) is 29.2 Å². The predicted octanol–water partition coefficient (Wildman–Crippen LogP) is 1.72. The van der Waals surface area contributed by atoms with Crippen LogP contribution >= 0.6 is 11.8 Å². The number of esters is 1. The van der Waals surface area contributed by atoms with Crippen LogP contribution in [0.4, 0.5) is 0 Å². The molecule has 1 rings (SSSR count). The zero-order chi connectivity index (χ0) is 11.3. The van der Waals surface area contributed by atoms with Crippen LogP contribution in [0.15, 0.2) is 0 Å². The Morgan fingerprint density at radius 1 is 1.53 bits per heavy atom. The van der Waals surface area contributed by atoms with E-state index in [1.807, 2.05) is 6.92 Å².